The molecule has 0 unspecified atom stereocenters. The van der Waals surface area contributed by atoms with Gasteiger partial charge < -0.3 is 0 Å². The maximum absolute atomic E-state index is 5.85. The van der Waals surface area contributed by atoms with Crippen LogP contribution in [0.3, 0.4) is 0 Å². The van der Waals surface area contributed by atoms with E-state index in [2.05, 4.69) is 20.7 Å². The number of hydrogen-bond donors (Lipinski definition) is 0. The largest absolute Gasteiger partial charge is 0.269 e. The van der Waals surface area contributed by atoms with Crippen molar-refractivity contribution in [1.82, 2.24) is 14.9 Å². The van der Waals surface area contributed by atoms with Crippen molar-refractivity contribution in [3.05, 3.63) is 58.6 Å². The molecule has 7 nitrogen and oxygen atoms in total. The summed E-state index contributed by atoms with van der Waals surface area (Å²) in [6.45, 7) is 1.16. The minimum Gasteiger partial charge on any atom is -0.269 e. The van der Waals surface area contributed by atoms with Crippen molar-refractivity contribution in [3.63, 3.8) is 0 Å². The molecule has 0 fully saturated rings. The number of rotatable bonds is 8. The molecule has 138 valence electrons. The minimum absolute atomic E-state index is 0.581. The summed E-state index contributed by atoms with van der Waals surface area (Å²) in [5.74, 6) is 0. The van der Waals surface area contributed by atoms with Gasteiger partial charge in [-0.05, 0) is 55.6 Å². The summed E-state index contributed by atoms with van der Waals surface area (Å²) in [5, 5.41) is 21.5. The fraction of sp³-hybridized carbons (Fsp3) is 0.294. The molecular weight excluding hydrogens is 373 g/mol. The summed E-state index contributed by atoms with van der Waals surface area (Å²) in [6, 6.07) is 14.4. The zero-order valence-electron chi connectivity index (χ0n) is 14.9. The highest BCUT2D eigenvalue weighted by Crippen LogP contribution is 2.17. The second kappa shape index (κ2) is 10.1. The van der Waals surface area contributed by atoms with Crippen LogP contribution in [0.5, 0.6) is 0 Å². The molecule has 0 radical (unpaired) electrons. The monoisotopic (exact) mass is 393 g/mol. The zero-order valence-corrected chi connectivity index (χ0v) is 16.4. The summed E-state index contributed by atoms with van der Waals surface area (Å²) in [4.78, 5) is 2.03. The third-order valence-electron chi connectivity index (χ3n) is 3.17. The Morgan fingerprint density at radius 2 is 1.00 bits per heavy atom. The van der Waals surface area contributed by atoms with Crippen molar-refractivity contribution < 1.29 is 0 Å². The minimum atomic E-state index is 0.581. The molecule has 0 N–H and O–H groups in total. The molecule has 0 amide bonds. The Hall–Kier alpha value is -2.22. The molecule has 0 heterocycles. The first-order chi connectivity index (χ1) is 12.4. The van der Waals surface area contributed by atoms with E-state index in [1.165, 1.54) is 0 Å². The molecule has 2 aromatic carbocycles. The van der Waals surface area contributed by atoms with E-state index in [0.29, 0.717) is 23.4 Å². The summed E-state index contributed by atoms with van der Waals surface area (Å²) < 4.78 is 0. The number of hydrogen-bond acceptors (Lipinski definition) is 5. The molecule has 26 heavy (non-hydrogen) atoms. The first-order valence-electron chi connectivity index (χ1n) is 7.87. The van der Waals surface area contributed by atoms with E-state index in [0.717, 1.165) is 11.4 Å². The van der Waals surface area contributed by atoms with Crippen LogP contribution < -0.4 is 0 Å². The van der Waals surface area contributed by atoms with Gasteiger partial charge in [-0.3, -0.25) is 14.9 Å². The third kappa shape index (κ3) is 7.35. The third-order valence-corrected chi connectivity index (χ3v) is 3.68. The summed E-state index contributed by atoms with van der Waals surface area (Å²) in [6.07, 6.45) is 0. The van der Waals surface area contributed by atoms with Crippen LogP contribution in [0.4, 0.5) is 11.4 Å². The smallest absolute Gasteiger partial charge is 0.0905 e. The average Bonchev–Trinajstić information content (AvgIpc) is 2.60. The van der Waals surface area contributed by atoms with E-state index in [1.54, 1.807) is 34.3 Å². The van der Waals surface area contributed by atoms with E-state index in [4.69, 9.17) is 23.2 Å². The Bertz CT molecular complexity index is 668. The van der Waals surface area contributed by atoms with Crippen molar-refractivity contribution in [3.8, 4) is 0 Å². The number of halogens is 2. The molecule has 0 aliphatic carbocycles. The highest BCUT2D eigenvalue weighted by molar-refractivity contribution is 6.30. The highest BCUT2D eigenvalue weighted by atomic mass is 35.5. The summed E-state index contributed by atoms with van der Waals surface area (Å²) >= 11 is 11.7. The maximum atomic E-state index is 5.85. The molecule has 0 aliphatic heterocycles. The summed E-state index contributed by atoms with van der Waals surface area (Å²) in [7, 11) is 5.67. The quantitative estimate of drug-likeness (QED) is 0.342. The lowest BCUT2D eigenvalue weighted by Crippen LogP contribution is -2.35. The van der Waals surface area contributed by atoms with Gasteiger partial charge in [0.1, 0.15) is 0 Å². The van der Waals surface area contributed by atoms with Gasteiger partial charge in [-0.15, -0.1) is 10.2 Å². The van der Waals surface area contributed by atoms with Crippen LogP contribution in [0, 0.1) is 0 Å². The van der Waals surface area contributed by atoms with Crippen molar-refractivity contribution in [2.75, 3.05) is 34.5 Å². The molecule has 0 aromatic heterocycles. The van der Waals surface area contributed by atoms with Gasteiger partial charge in [-0.1, -0.05) is 33.6 Å². The van der Waals surface area contributed by atoms with Gasteiger partial charge in [0.05, 0.1) is 24.7 Å². The molecular formula is C17H21Cl2N7. The Morgan fingerprint density at radius 1 is 0.654 bits per heavy atom. The first-order valence-corrected chi connectivity index (χ1v) is 8.63. The highest BCUT2D eigenvalue weighted by Gasteiger charge is 2.04. The standard InChI is InChI=1S/C17H21Cl2N7/c1-24(12-25(2)22-20-16-8-4-14(18)5-9-16)13-26(3)23-21-17-10-6-15(19)7-11-17/h4-11H,12-13H2,1-3H3. The van der Waals surface area contributed by atoms with Gasteiger partial charge in [0.2, 0.25) is 0 Å². The molecule has 9 heteroatoms. The predicted octanol–water partition coefficient (Wildman–Crippen LogP) is 5.40. The Balaban J connectivity index is 1.78. The Kier molecular flexibility index (Phi) is 7.77. The van der Waals surface area contributed by atoms with Crippen LogP contribution in [-0.2, 0) is 0 Å². The van der Waals surface area contributed by atoms with Gasteiger partial charge in [-0.25, -0.2) is 0 Å². The molecule has 0 bridgehead atoms. The van der Waals surface area contributed by atoms with Crippen molar-refractivity contribution >= 4 is 34.6 Å². The topological polar surface area (TPSA) is 59.2 Å². The Morgan fingerprint density at radius 3 is 1.35 bits per heavy atom. The molecule has 0 spiro atoms. The molecule has 2 rings (SSSR count). The molecule has 0 saturated heterocycles. The summed E-state index contributed by atoms with van der Waals surface area (Å²) in [5.41, 5.74) is 1.50. The van der Waals surface area contributed by atoms with Gasteiger partial charge in [-0.2, -0.15) is 0 Å². The maximum Gasteiger partial charge on any atom is 0.0905 e. The van der Waals surface area contributed by atoms with Gasteiger partial charge in [0.15, 0.2) is 0 Å². The number of nitrogens with zero attached hydrogens (tertiary/aromatic N) is 7. The molecule has 2 aromatic rings. The van der Waals surface area contributed by atoms with E-state index in [9.17, 15) is 0 Å². The lowest BCUT2D eigenvalue weighted by Gasteiger charge is -2.24. The fourth-order valence-electron chi connectivity index (χ4n) is 2.07. The molecule has 0 aliphatic rings. The van der Waals surface area contributed by atoms with E-state index in [-0.39, 0.29) is 0 Å². The second-order valence-corrected chi connectivity index (χ2v) is 6.66. The van der Waals surface area contributed by atoms with Crippen LogP contribution in [0.2, 0.25) is 10.0 Å². The van der Waals surface area contributed by atoms with Gasteiger partial charge in [0, 0.05) is 24.1 Å². The zero-order chi connectivity index (χ0) is 18.9. The lowest BCUT2D eigenvalue weighted by molar-refractivity contribution is 0.114. The van der Waals surface area contributed by atoms with Crippen LogP contribution in [0.15, 0.2) is 69.2 Å². The average molecular weight is 394 g/mol. The lowest BCUT2D eigenvalue weighted by atomic mass is 10.3. The van der Waals surface area contributed by atoms with E-state index < -0.39 is 0 Å². The van der Waals surface area contributed by atoms with Gasteiger partial charge in [0.25, 0.3) is 0 Å². The van der Waals surface area contributed by atoms with Gasteiger partial charge >= 0.3 is 0 Å². The number of benzene rings is 2. The normalized spacial score (nSPS) is 11.6. The first kappa shape index (κ1) is 20.1. The second-order valence-electron chi connectivity index (χ2n) is 5.79. The molecule has 0 atom stereocenters. The van der Waals surface area contributed by atoms with Crippen molar-refractivity contribution in [2.45, 2.75) is 0 Å². The SMILES string of the molecule is CN(CN(C)N=Nc1ccc(Cl)cc1)CN(C)N=Nc1ccc(Cl)cc1. The fourth-order valence-corrected chi connectivity index (χ4v) is 2.32. The van der Waals surface area contributed by atoms with Crippen LogP contribution >= 0.6 is 23.2 Å². The Labute approximate surface area is 163 Å². The predicted molar refractivity (Wildman–Crippen MR) is 105 cm³/mol. The van der Waals surface area contributed by atoms with E-state index in [1.807, 2.05) is 50.3 Å². The van der Waals surface area contributed by atoms with Crippen LogP contribution in [-0.4, -0.2) is 49.4 Å². The van der Waals surface area contributed by atoms with Crippen molar-refractivity contribution in [1.29, 1.82) is 0 Å². The van der Waals surface area contributed by atoms with Crippen molar-refractivity contribution in [2.24, 2.45) is 20.7 Å². The van der Waals surface area contributed by atoms with Crippen LogP contribution in [0.25, 0.3) is 0 Å². The van der Waals surface area contributed by atoms with Crippen LogP contribution in [0.1, 0.15) is 0 Å². The van der Waals surface area contributed by atoms with E-state index >= 15 is 0 Å². The molecule has 0 saturated carbocycles.